The van der Waals surface area contributed by atoms with Crippen molar-refractivity contribution in [2.45, 2.75) is 19.1 Å². The first-order valence-electron chi connectivity index (χ1n) is 7.19. The van der Waals surface area contributed by atoms with Crippen LogP contribution in [0.4, 0.5) is 17.6 Å². The highest BCUT2D eigenvalue weighted by molar-refractivity contribution is 8.00. The fourth-order valence-corrected chi connectivity index (χ4v) is 2.49. The van der Waals surface area contributed by atoms with Crippen LogP contribution in [0.5, 0.6) is 0 Å². The van der Waals surface area contributed by atoms with Gasteiger partial charge in [-0.05, 0) is 26.0 Å². The molecule has 0 saturated carbocycles. The Labute approximate surface area is 139 Å². The molecular formula is C15H19N5O2S. The molecule has 0 aliphatic rings. The Hall–Kier alpha value is -2.35. The normalized spacial score (nSPS) is 11.7. The van der Waals surface area contributed by atoms with Crippen LogP contribution in [0.15, 0.2) is 30.3 Å². The molecule has 0 fully saturated rings. The fourth-order valence-electron chi connectivity index (χ4n) is 1.77. The molecule has 8 heteroatoms. The number of esters is 1. The highest BCUT2D eigenvalue weighted by Gasteiger charge is 2.15. The van der Waals surface area contributed by atoms with Crippen molar-refractivity contribution in [3.8, 4) is 0 Å². The number of nitrogens with one attached hydrogen (secondary N) is 1. The van der Waals surface area contributed by atoms with Gasteiger partial charge < -0.3 is 15.8 Å². The summed E-state index contributed by atoms with van der Waals surface area (Å²) in [4.78, 5) is 24.0. The summed E-state index contributed by atoms with van der Waals surface area (Å²) in [6.45, 7) is 4.06. The standard InChI is InChI=1S/C15H19N5O2S/c1-3-22-12(21)9-23-10(2)13-18-14(16)20-15(19-13)17-11-7-5-4-6-8-11/h4-8,10H,3,9H2,1-2H3,(H3,16,17,18,19,20)/t10-/m1/s1. The third-order valence-corrected chi connectivity index (χ3v) is 3.93. The van der Waals surface area contributed by atoms with E-state index >= 15 is 0 Å². The number of ether oxygens (including phenoxy) is 1. The lowest BCUT2D eigenvalue weighted by Gasteiger charge is -2.12. The second kappa shape index (κ2) is 8.33. The molecule has 1 heterocycles. The number of aromatic nitrogens is 3. The summed E-state index contributed by atoms with van der Waals surface area (Å²) in [5.41, 5.74) is 6.61. The molecule has 1 atom stereocenters. The highest BCUT2D eigenvalue weighted by atomic mass is 32.2. The van der Waals surface area contributed by atoms with E-state index in [1.54, 1.807) is 6.92 Å². The maximum atomic E-state index is 11.4. The van der Waals surface area contributed by atoms with Crippen LogP contribution in [0.25, 0.3) is 0 Å². The molecule has 3 N–H and O–H groups in total. The molecule has 0 spiro atoms. The SMILES string of the molecule is CCOC(=O)CS[C@H](C)c1nc(N)nc(Nc2ccccc2)n1. The number of nitrogens with two attached hydrogens (primary N) is 1. The molecule has 1 aromatic heterocycles. The molecule has 122 valence electrons. The van der Waals surface area contributed by atoms with E-state index in [0.29, 0.717) is 18.4 Å². The van der Waals surface area contributed by atoms with Gasteiger partial charge in [-0.2, -0.15) is 15.0 Å². The van der Waals surface area contributed by atoms with E-state index in [1.807, 2.05) is 37.3 Å². The number of carbonyl (C=O) groups is 1. The van der Waals surface area contributed by atoms with Crippen molar-refractivity contribution in [1.82, 2.24) is 15.0 Å². The quantitative estimate of drug-likeness (QED) is 0.745. The van der Waals surface area contributed by atoms with Gasteiger partial charge in [-0.1, -0.05) is 18.2 Å². The van der Waals surface area contributed by atoms with E-state index in [2.05, 4.69) is 20.3 Å². The monoisotopic (exact) mass is 333 g/mol. The van der Waals surface area contributed by atoms with Gasteiger partial charge in [0.05, 0.1) is 17.6 Å². The van der Waals surface area contributed by atoms with Gasteiger partial charge in [0, 0.05) is 5.69 Å². The summed E-state index contributed by atoms with van der Waals surface area (Å²) < 4.78 is 4.90. The van der Waals surface area contributed by atoms with Crippen LogP contribution in [0.3, 0.4) is 0 Å². The van der Waals surface area contributed by atoms with Crippen molar-refractivity contribution in [2.24, 2.45) is 0 Å². The summed E-state index contributed by atoms with van der Waals surface area (Å²) in [7, 11) is 0. The molecule has 0 radical (unpaired) electrons. The maximum Gasteiger partial charge on any atom is 0.315 e. The smallest absolute Gasteiger partial charge is 0.315 e. The first-order chi connectivity index (χ1) is 11.1. The Morgan fingerprint density at radius 1 is 1.30 bits per heavy atom. The highest BCUT2D eigenvalue weighted by Crippen LogP contribution is 2.26. The minimum absolute atomic E-state index is 0.110. The van der Waals surface area contributed by atoms with E-state index in [1.165, 1.54) is 11.8 Å². The number of carbonyl (C=O) groups excluding carboxylic acids is 1. The number of para-hydroxylation sites is 1. The summed E-state index contributed by atoms with van der Waals surface area (Å²) in [6.07, 6.45) is 0. The average Bonchev–Trinajstić information content (AvgIpc) is 2.53. The van der Waals surface area contributed by atoms with Gasteiger partial charge in [0.25, 0.3) is 0 Å². The largest absolute Gasteiger partial charge is 0.465 e. The van der Waals surface area contributed by atoms with Crippen LogP contribution in [0.2, 0.25) is 0 Å². The number of nitrogen functional groups attached to an aromatic ring is 1. The van der Waals surface area contributed by atoms with Crippen LogP contribution in [0.1, 0.15) is 24.9 Å². The first-order valence-corrected chi connectivity index (χ1v) is 8.24. The molecule has 2 aromatic rings. The van der Waals surface area contributed by atoms with Crippen LogP contribution in [-0.4, -0.2) is 33.3 Å². The second-order valence-corrected chi connectivity index (χ2v) is 5.95. The van der Waals surface area contributed by atoms with Crippen LogP contribution in [-0.2, 0) is 9.53 Å². The molecule has 0 aliphatic carbocycles. The zero-order chi connectivity index (χ0) is 16.7. The zero-order valence-corrected chi connectivity index (χ0v) is 13.8. The molecule has 2 rings (SSSR count). The summed E-state index contributed by atoms with van der Waals surface area (Å²) in [6, 6.07) is 9.54. The van der Waals surface area contributed by atoms with Gasteiger partial charge in [-0.3, -0.25) is 4.79 Å². The Kier molecular flexibility index (Phi) is 6.16. The van der Waals surface area contributed by atoms with Gasteiger partial charge in [0.15, 0.2) is 0 Å². The second-order valence-electron chi connectivity index (χ2n) is 4.62. The number of hydrogen-bond acceptors (Lipinski definition) is 8. The molecule has 0 amide bonds. The molecule has 1 aromatic carbocycles. The summed E-state index contributed by atoms with van der Waals surface area (Å²) in [5.74, 6) is 1.01. The van der Waals surface area contributed by atoms with Crippen molar-refractivity contribution in [1.29, 1.82) is 0 Å². The minimum atomic E-state index is -0.256. The lowest BCUT2D eigenvalue weighted by atomic mass is 10.3. The van der Waals surface area contributed by atoms with Gasteiger partial charge in [0.1, 0.15) is 5.82 Å². The molecule has 0 unspecified atom stereocenters. The van der Waals surface area contributed by atoms with Crippen molar-refractivity contribution in [2.75, 3.05) is 23.4 Å². The molecule has 0 aliphatic heterocycles. The predicted molar refractivity (Wildman–Crippen MR) is 91.5 cm³/mol. The van der Waals surface area contributed by atoms with Crippen molar-refractivity contribution in [3.63, 3.8) is 0 Å². The average molecular weight is 333 g/mol. The number of nitrogens with zero attached hydrogens (tertiary/aromatic N) is 3. The van der Waals surface area contributed by atoms with Crippen molar-refractivity contribution in [3.05, 3.63) is 36.2 Å². The molecule has 0 saturated heterocycles. The predicted octanol–water partition coefficient (Wildman–Crippen LogP) is 2.55. The molecule has 23 heavy (non-hydrogen) atoms. The summed E-state index contributed by atoms with van der Waals surface area (Å²) in [5, 5.41) is 2.97. The number of thioether (sulfide) groups is 1. The summed E-state index contributed by atoms with van der Waals surface area (Å²) >= 11 is 1.39. The molecule has 0 bridgehead atoms. The van der Waals surface area contributed by atoms with E-state index in [0.717, 1.165) is 5.69 Å². The Balaban J connectivity index is 2.05. The zero-order valence-electron chi connectivity index (χ0n) is 13.0. The Bertz CT molecular complexity index is 654. The lowest BCUT2D eigenvalue weighted by Crippen LogP contribution is -2.11. The third kappa shape index (κ3) is 5.41. The fraction of sp³-hybridized carbons (Fsp3) is 0.333. The molecule has 7 nitrogen and oxygen atoms in total. The van der Waals surface area contributed by atoms with Gasteiger partial charge in [0.2, 0.25) is 11.9 Å². The van der Waals surface area contributed by atoms with E-state index < -0.39 is 0 Å². The van der Waals surface area contributed by atoms with E-state index in [4.69, 9.17) is 10.5 Å². The lowest BCUT2D eigenvalue weighted by molar-refractivity contribution is -0.139. The van der Waals surface area contributed by atoms with Gasteiger partial charge >= 0.3 is 5.97 Å². The Morgan fingerprint density at radius 3 is 2.74 bits per heavy atom. The van der Waals surface area contributed by atoms with Crippen LogP contribution in [0, 0.1) is 0 Å². The third-order valence-electron chi connectivity index (χ3n) is 2.82. The number of hydrogen-bond donors (Lipinski definition) is 2. The molecular weight excluding hydrogens is 314 g/mol. The van der Waals surface area contributed by atoms with Crippen molar-refractivity contribution >= 4 is 35.3 Å². The van der Waals surface area contributed by atoms with E-state index in [-0.39, 0.29) is 22.9 Å². The van der Waals surface area contributed by atoms with Gasteiger partial charge in [-0.15, -0.1) is 11.8 Å². The van der Waals surface area contributed by atoms with Crippen molar-refractivity contribution < 1.29 is 9.53 Å². The number of benzene rings is 1. The van der Waals surface area contributed by atoms with Crippen LogP contribution < -0.4 is 11.1 Å². The van der Waals surface area contributed by atoms with Crippen LogP contribution >= 0.6 is 11.8 Å². The van der Waals surface area contributed by atoms with Gasteiger partial charge in [-0.25, -0.2) is 0 Å². The number of anilines is 3. The maximum absolute atomic E-state index is 11.4. The topological polar surface area (TPSA) is 103 Å². The first kappa shape index (κ1) is 17.0. The Morgan fingerprint density at radius 2 is 2.04 bits per heavy atom. The minimum Gasteiger partial charge on any atom is -0.465 e. The van der Waals surface area contributed by atoms with E-state index in [9.17, 15) is 4.79 Å². The number of rotatable bonds is 7.